The SMILES string of the molecule is CC1C=C(C2=CC(C)C(c3cc(Cl)ccc3N)c3nonc32)C=CC1. The molecule has 5 heteroatoms. The van der Waals surface area contributed by atoms with Crippen LogP contribution in [0.2, 0.25) is 5.02 Å². The topological polar surface area (TPSA) is 64.9 Å². The van der Waals surface area contributed by atoms with Crippen LogP contribution in [-0.4, -0.2) is 10.3 Å². The van der Waals surface area contributed by atoms with E-state index in [1.54, 1.807) is 6.07 Å². The van der Waals surface area contributed by atoms with Gasteiger partial charge in [-0.3, -0.25) is 0 Å². The van der Waals surface area contributed by atoms with Crippen LogP contribution in [0.1, 0.15) is 43.1 Å². The summed E-state index contributed by atoms with van der Waals surface area (Å²) in [5.41, 5.74) is 11.8. The Morgan fingerprint density at radius 2 is 2.04 bits per heavy atom. The van der Waals surface area contributed by atoms with Gasteiger partial charge < -0.3 is 5.73 Å². The van der Waals surface area contributed by atoms with Crippen molar-refractivity contribution in [3.8, 4) is 0 Å². The minimum Gasteiger partial charge on any atom is -0.398 e. The monoisotopic (exact) mass is 353 g/mol. The molecular formula is C20H20ClN3O. The summed E-state index contributed by atoms with van der Waals surface area (Å²) in [6, 6.07) is 5.55. The number of allylic oxidation sites excluding steroid dienone is 6. The molecule has 4 rings (SSSR count). The van der Waals surface area contributed by atoms with Gasteiger partial charge in [0.05, 0.1) is 0 Å². The molecule has 128 valence electrons. The summed E-state index contributed by atoms with van der Waals surface area (Å²) in [4.78, 5) is 0. The van der Waals surface area contributed by atoms with Crippen molar-refractivity contribution in [1.82, 2.24) is 10.3 Å². The molecular weight excluding hydrogens is 334 g/mol. The summed E-state index contributed by atoms with van der Waals surface area (Å²) in [5.74, 6) is 0.691. The van der Waals surface area contributed by atoms with Gasteiger partial charge in [-0.1, -0.05) is 54.9 Å². The molecule has 1 aromatic carbocycles. The van der Waals surface area contributed by atoms with Crippen LogP contribution in [0.4, 0.5) is 5.69 Å². The lowest BCUT2D eigenvalue weighted by molar-refractivity contribution is 0.300. The molecule has 25 heavy (non-hydrogen) atoms. The number of nitrogens with zero attached hydrogens (tertiary/aromatic N) is 2. The van der Waals surface area contributed by atoms with E-state index in [0.29, 0.717) is 16.6 Å². The molecule has 2 aliphatic rings. The first-order valence-electron chi connectivity index (χ1n) is 8.53. The third kappa shape index (κ3) is 2.81. The number of benzene rings is 1. The van der Waals surface area contributed by atoms with Crippen LogP contribution in [0.3, 0.4) is 0 Å². The quantitative estimate of drug-likeness (QED) is 0.772. The van der Waals surface area contributed by atoms with E-state index in [1.807, 2.05) is 12.1 Å². The molecule has 2 N–H and O–H groups in total. The van der Waals surface area contributed by atoms with Gasteiger partial charge in [-0.25, -0.2) is 4.63 Å². The Balaban J connectivity index is 1.83. The Labute approximate surface area is 152 Å². The van der Waals surface area contributed by atoms with E-state index < -0.39 is 0 Å². The van der Waals surface area contributed by atoms with E-state index in [2.05, 4.69) is 48.5 Å². The van der Waals surface area contributed by atoms with Gasteiger partial charge in [0.1, 0.15) is 11.4 Å². The Bertz CT molecular complexity index is 909. The smallest absolute Gasteiger partial charge is 0.139 e. The first kappa shape index (κ1) is 16.2. The average Bonchev–Trinajstić information content (AvgIpc) is 3.06. The molecule has 3 unspecified atom stereocenters. The van der Waals surface area contributed by atoms with Gasteiger partial charge in [0.15, 0.2) is 0 Å². The number of nitrogens with two attached hydrogens (primary N) is 1. The Kier molecular flexibility index (Phi) is 4.00. The van der Waals surface area contributed by atoms with Crippen LogP contribution >= 0.6 is 11.6 Å². The van der Waals surface area contributed by atoms with Gasteiger partial charge in [0.2, 0.25) is 0 Å². The second kappa shape index (κ2) is 6.19. The maximum Gasteiger partial charge on any atom is 0.139 e. The van der Waals surface area contributed by atoms with Gasteiger partial charge in [-0.15, -0.1) is 0 Å². The van der Waals surface area contributed by atoms with Crippen molar-refractivity contribution in [2.45, 2.75) is 26.2 Å². The van der Waals surface area contributed by atoms with Crippen molar-refractivity contribution in [1.29, 1.82) is 0 Å². The first-order valence-corrected chi connectivity index (χ1v) is 8.90. The fourth-order valence-corrected chi connectivity index (χ4v) is 3.95. The van der Waals surface area contributed by atoms with E-state index >= 15 is 0 Å². The standard InChI is InChI=1S/C20H20ClN3O/c1-11-4-3-5-13(8-11)15-9-12(2)18(20-19(15)23-25-24-20)16-10-14(21)6-7-17(16)22/h3,5-12,18H,4,22H2,1-2H3. The Morgan fingerprint density at radius 1 is 1.20 bits per heavy atom. The van der Waals surface area contributed by atoms with Crippen molar-refractivity contribution in [2.75, 3.05) is 5.73 Å². The van der Waals surface area contributed by atoms with Gasteiger partial charge in [0, 0.05) is 22.2 Å². The molecule has 2 aliphatic carbocycles. The molecule has 0 spiro atoms. The van der Waals surface area contributed by atoms with Crippen molar-refractivity contribution in [2.24, 2.45) is 11.8 Å². The summed E-state index contributed by atoms with van der Waals surface area (Å²) >= 11 is 6.20. The molecule has 1 aromatic heterocycles. The third-order valence-electron chi connectivity index (χ3n) is 4.98. The van der Waals surface area contributed by atoms with Gasteiger partial charge in [0.25, 0.3) is 0 Å². The molecule has 1 heterocycles. The molecule has 0 fully saturated rings. The highest BCUT2D eigenvalue weighted by Gasteiger charge is 2.35. The highest BCUT2D eigenvalue weighted by atomic mass is 35.5. The number of fused-ring (bicyclic) bond motifs is 1. The number of halogens is 1. The summed E-state index contributed by atoms with van der Waals surface area (Å²) in [6.07, 6.45) is 9.96. The fraction of sp³-hybridized carbons (Fsp3) is 0.300. The maximum atomic E-state index is 6.22. The summed E-state index contributed by atoms with van der Waals surface area (Å²) in [5, 5.41) is 9.08. The molecule has 0 radical (unpaired) electrons. The molecule has 0 saturated heterocycles. The van der Waals surface area contributed by atoms with Crippen LogP contribution in [0.25, 0.3) is 5.57 Å². The number of hydrogen-bond acceptors (Lipinski definition) is 4. The van der Waals surface area contributed by atoms with Gasteiger partial charge in [-0.05, 0) is 52.7 Å². The number of rotatable bonds is 2. The molecule has 0 amide bonds. The van der Waals surface area contributed by atoms with Gasteiger partial charge >= 0.3 is 0 Å². The number of anilines is 1. The fourth-order valence-electron chi connectivity index (χ4n) is 3.77. The second-order valence-electron chi connectivity index (χ2n) is 6.93. The van der Waals surface area contributed by atoms with Gasteiger partial charge in [-0.2, -0.15) is 0 Å². The minimum atomic E-state index is -0.0192. The van der Waals surface area contributed by atoms with Crippen molar-refractivity contribution >= 4 is 22.9 Å². The Hall–Kier alpha value is -2.33. The predicted molar refractivity (Wildman–Crippen MR) is 100 cm³/mol. The zero-order valence-electron chi connectivity index (χ0n) is 14.2. The van der Waals surface area contributed by atoms with E-state index in [-0.39, 0.29) is 11.8 Å². The van der Waals surface area contributed by atoms with Crippen LogP contribution in [0.15, 0.2) is 52.7 Å². The molecule has 4 nitrogen and oxygen atoms in total. The summed E-state index contributed by atoms with van der Waals surface area (Å²) in [6.45, 7) is 4.38. The van der Waals surface area contributed by atoms with Crippen LogP contribution < -0.4 is 5.73 Å². The van der Waals surface area contributed by atoms with Crippen molar-refractivity contribution in [3.05, 3.63) is 70.1 Å². The van der Waals surface area contributed by atoms with E-state index in [4.69, 9.17) is 22.0 Å². The molecule has 0 aliphatic heterocycles. The zero-order valence-corrected chi connectivity index (χ0v) is 15.0. The third-order valence-corrected chi connectivity index (χ3v) is 5.22. The molecule has 2 aromatic rings. The minimum absolute atomic E-state index is 0.0192. The summed E-state index contributed by atoms with van der Waals surface area (Å²) in [7, 11) is 0. The predicted octanol–water partition coefficient (Wildman–Crippen LogP) is 4.99. The second-order valence-corrected chi connectivity index (χ2v) is 7.36. The first-order chi connectivity index (χ1) is 12.0. The molecule has 0 bridgehead atoms. The van der Waals surface area contributed by atoms with E-state index in [0.717, 1.165) is 28.9 Å². The highest BCUT2D eigenvalue weighted by molar-refractivity contribution is 6.30. The Morgan fingerprint density at radius 3 is 2.84 bits per heavy atom. The normalized spacial score (nSPS) is 25.3. The lowest BCUT2D eigenvalue weighted by Crippen LogP contribution is -2.18. The number of nitrogen functional groups attached to an aromatic ring is 1. The summed E-state index contributed by atoms with van der Waals surface area (Å²) < 4.78 is 5.12. The van der Waals surface area contributed by atoms with E-state index in [1.165, 1.54) is 5.57 Å². The lowest BCUT2D eigenvalue weighted by Gasteiger charge is -2.28. The number of aromatic nitrogens is 2. The van der Waals surface area contributed by atoms with Crippen LogP contribution in [0.5, 0.6) is 0 Å². The van der Waals surface area contributed by atoms with E-state index in [9.17, 15) is 0 Å². The van der Waals surface area contributed by atoms with Crippen molar-refractivity contribution < 1.29 is 4.63 Å². The average molecular weight is 354 g/mol. The molecule has 0 saturated carbocycles. The number of hydrogen-bond donors (Lipinski definition) is 1. The molecule has 3 atom stereocenters. The maximum absolute atomic E-state index is 6.22. The van der Waals surface area contributed by atoms with Crippen LogP contribution in [0, 0.1) is 11.8 Å². The highest BCUT2D eigenvalue weighted by Crippen LogP contribution is 2.45. The largest absolute Gasteiger partial charge is 0.398 e. The van der Waals surface area contributed by atoms with Crippen molar-refractivity contribution in [3.63, 3.8) is 0 Å². The zero-order chi connectivity index (χ0) is 17.6. The van der Waals surface area contributed by atoms with Crippen LogP contribution in [-0.2, 0) is 0 Å². The lowest BCUT2D eigenvalue weighted by atomic mass is 9.75.